The molecule has 2 saturated heterocycles. The first-order valence-corrected chi connectivity index (χ1v) is 19.4. The molecule has 5 aliphatic carbocycles. The van der Waals surface area contributed by atoms with Crippen molar-refractivity contribution >= 4 is 11.5 Å². The van der Waals surface area contributed by atoms with Crippen LogP contribution in [0, 0.1) is 56.7 Å². The summed E-state index contributed by atoms with van der Waals surface area (Å²) in [6.07, 6.45) is 14.3. The van der Waals surface area contributed by atoms with Crippen LogP contribution in [0.4, 0.5) is 0 Å². The van der Waals surface area contributed by atoms with Gasteiger partial charge in [0.2, 0.25) is 0 Å². The molecule has 0 radical (unpaired) electrons. The Labute approximate surface area is 290 Å². The van der Waals surface area contributed by atoms with Crippen molar-refractivity contribution < 1.29 is 14.6 Å². The standard InChI is InChI=1S/C43H62N2O3/c1-28(2)31-14-19-43(44-22-23-45-24-42(25-45)26-48-27-42)21-20-40(6)33(36(31)43)12-13-35-39(5)17-15-32(29-8-10-30(11-9-29)37(46)47)38(3,4)34(39)16-18-41(35,40)7/h8-11,15,31,33-36,44H,1,12-14,16-27H2,2-7H3,(H,46,47)/t31-,33+,34-,35+,36+,39-,40+,41+,43-/m0/s1. The molecule has 7 aliphatic rings. The first-order chi connectivity index (χ1) is 22.7. The second-order valence-electron chi connectivity index (χ2n) is 19.4. The molecule has 1 aromatic rings. The van der Waals surface area contributed by atoms with Crippen LogP contribution in [0.15, 0.2) is 42.5 Å². The molecule has 0 unspecified atom stereocenters. The summed E-state index contributed by atoms with van der Waals surface area (Å²) in [6, 6.07) is 7.66. The summed E-state index contributed by atoms with van der Waals surface area (Å²) in [6.45, 7) is 26.8. The van der Waals surface area contributed by atoms with Gasteiger partial charge in [-0.1, -0.05) is 65.0 Å². The van der Waals surface area contributed by atoms with Crippen molar-refractivity contribution in [1.29, 1.82) is 0 Å². The minimum atomic E-state index is -0.853. The molecule has 48 heavy (non-hydrogen) atoms. The molecular weight excluding hydrogens is 592 g/mol. The van der Waals surface area contributed by atoms with Gasteiger partial charge >= 0.3 is 5.97 Å². The van der Waals surface area contributed by atoms with Crippen molar-refractivity contribution in [3.05, 3.63) is 53.6 Å². The summed E-state index contributed by atoms with van der Waals surface area (Å²) < 4.78 is 5.53. The monoisotopic (exact) mass is 654 g/mol. The van der Waals surface area contributed by atoms with Gasteiger partial charge in [0.1, 0.15) is 0 Å². The Hall–Kier alpha value is -1.95. The van der Waals surface area contributed by atoms with Crippen molar-refractivity contribution in [1.82, 2.24) is 10.2 Å². The minimum absolute atomic E-state index is 0.0424. The van der Waals surface area contributed by atoms with Crippen LogP contribution in [-0.2, 0) is 4.74 Å². The fourth-order valence-electron chi connectivity index (χ4n) is 14.4. The number of benzene rings is 1. The summed E-state index contributed by atoms with van der Waals surface area (Å²) >= 11 is 0. The highest BCUT2D eigenvalue weighted by molar-refractivity contribution is 5.88. The van der Waals surface area contributed by atoms with Gasteiger partial charge < -0.3 is 20.1 Å². The molecule has 4 saturated carbocycles. The van der Waals surface area contributed by atoms with Gasteiger partial charge in [0.15, 0.2) is 0 Å². The van der Waals surface area contributed by atoms with E-state index in [0.717, 1.165) is 38.0 Å². The molecule has 2 N–H and O–H groups in total. The number of hydrogen-bond donors (Lipinski definition) is 2. The molecule has 5 nitrogen and oxygen atoms in total. The molecule has 6 fully saturated rings. The molecule has 1 aromatic carbocycles. The largest absolute Gasteiger partial charge is 0.478 e. The summed E-state index contributed by atoms with van der Waals surface area (Å²) in [5.74, 6) is 2.57. The third-order valence-corrected chi connectivity index (χ3v) is 16.9. The van der Waals surface area contributed by atoms with Crippen LogP contribution in [0.1, 0.15) is 115 Å². The number of aromatic carboxylic acids is 1. The lowest BCUT2D eigenvalue weighted by Gasteiger charge is -2.72. The Morgan fingerprint density at radius 3 is 2.31 bits per heavy atom. The highest BCUT2D eigenvalue weighted by atomic mass is 16.5. The Morgan fingerprint density at radius 2 is 1.67 bits per heavy atom. The molecule has 1 spiro atoms. The third-order valence-electron chi connectivity index (χ3n) is 16.9. The number of hydrogen-bond acceptors (Lipinski definition) is 4. The molecule has 2 aliphatic heterocycles. The van der Waals surface area contributed by atoms with E-state index in [1.807, 2.05) is 12.1 Å². The summed E-state index contributed by atoms with van der Waals surface area (Å²) in [7, 11) is 0. The van der Waals surface area contributed by atoms with E-state index in [1.54, 1.807) is 12.1 Å². The predicted octanol–water partition coefficient (Wildman–Crippen LogP) is 8.71. The highest BCUT2D eigenvalue weighted by Gasteiger charge is 2.70. The van der Waals surface area contributed by atoms with Gasteiger partial charge in [-0.3, -0.25) is 0 Å². The van der Waals surface area contributed by atoms with Gasteiger partial charge in [-0.2, -0.15) is 0 Å². The van der Waals surface area contributed by atoms with Crippen LogP contribution < -0.4 is 5.32 Å². The summed E-state index contributed by atoms with van der Waals surface area (Å²) in [5.41, 5.74) is 6.15. The van der Waals surface area contributed by atoms with E-state index in [0.29, 0.717) is 39.6 Å². The Bertz CT molecular complexity index is 1500. The molecule has 0 amide bonds. The lowest BCUT2D eigenvalue weighted by Crippen LogP contribution is -2.69. The van der Waals surface area contributed by atoms with Crippen LogP contribution in [0.5, 0.6) is 0 Å². The maximum atomic E-state index is 11.6. The normalized spacial score (nSPS) is 43.9. The fourth-order valence-corrected chi connectivity index (χ4v) is 14.4. The predicted molar refractivity (Wildman–Crippen MR) is 194 cm³/mol. The zero-order valence-electron chi connectivity index (χ0n) is 30.8. The van der Waals surface area contributed by atoms with Crippen LogP contribution >= 0.6 is 0 Å². The maximum absolute atomic E-state index is 11.6. The number of fused-ring (bicyclic) bond motifs is 7. The van der Waals surface area contributed by atoms with Gasteiger partial charge in [0.25, 0.3) is 0 Å². The van der Waals surface area contributed by atoms with E-state index in [1.165, 1.54) is 87.7 Å². The second-order valence-corrected chi connectivity index (χ2v) is 19.4. The molecule has 9 atom stereocenters. The molecule has 2 heterocycles. The van der Waals surface area contributed by atoms with Crippen molar-refractivity contribution in [2.45, 2.75) is 105 Å². The maximum Gasteiger partial charge on any atom is 0.335 e. The zero-order valence-corrected chi connectivity index (χ0v) is 30.8. The van der Waals surface area contributed by atoms with E-state index in [4.69, 9.17) is 4.74 Å². The smallest absolute Gasteiger partial charge is 0.335 e. The number of carboxylic acids is 1. The fraction of sp³-hybridized carbons (Fsp3) is 0.744. The van der Waals surface area contributed by atoms with E-state index in [9.17, 15) is 9.90 Å². The van der Waals surface area contributed by atoms with E-state index in [2.05, 4.69) is 64.4 Å². The van der Waals surface area contributed by atoms with E-state index < -0.39 is 5.97 Å². The second kappa shape index (κ2) is 11.0. The van der Waals surface area contributed by atoms with Crippen LogP contribution in [0.2, 0.25) is 0 Å². The molecule has 0 aromatic heterocycles. The first-order valence-electron chi connectivity index (χ1n) is 19.4. The molecule has 5 heteroatoms. The van der Waals surface area contributed by atoms with Crippen LogP contribution in [0.3, 0.4) is 0 Å². The number of ether oxygens (including phenoxy) is 1. The topological polar surface area (TPSA) is 61.8 Å². The van der Waals surface area contributed by atoms with Gasteiger partial charge in [0.05, 0.1) is 18.8 Å². The molecule has 8 rings (SSSR count). The minimum Gasteiger partial charge on any atom is -0.478 e. The van der Waals surface area contributed by atoms with E-state index >= 15 is 0 Å². The lowest BCUT2D eigenvalue weighted by molar-refractivity contribution is -0.219. The average Bonchev–Trinajstić information content (AvgIpc) is 3.38. The number of rotatable bonds is 7. The number of carboxylic acid groups (broad SMARTS) is 1. The zero-order chi connectivity index (χ0) is 33.9. The molecule has 0 bridgehead atoms. The first kappa shape index (κ1) is 33.2. The Kier molecular flexibility index (Phi) is 7.63. The Balaban J connectivity index is 1.05. The number of carbonyl (C=O) groups is 1. The SMILES string of the molecule is C=C(C)[C@@H]1CC[C@]2(NCCN3CC4(COC4)C3)CC[C@]3(C)[C@H](CC[C@@H]4[C@@]5(C)CC=C(c6ccc(C(=O)O)cc6)C(C)(C)[C@@H]5CC[C@]43C)[C@@H]12. The number of likely N-dealkylation sites (tertiary alicyclic amines) is 1. The van der Waals surface area contributed by atoms with Gasteiger partial charge in [-0.25, -0.2) is 4.79 Å². The highest BCUT2D eigenvalue weighted by Crippen LogP contribution is 2.76. The molecular formula is C43H62N2O3. The lowest BCUT2D eigenvalue weighted by atomic mass is 9.33. The average molecular weight is 655 g/mol. The van der Waals surface area contributed by atoms with Gasteiger partial charge in [-0.05, 0) is 139 Å². The van der Waals surface area contributed by atoms with Gasteiger partial charge in [0, 0.05) is 37.1 Å². The van der Waals surface area contributed by atoms with Crippen molar-refractivity contribution in [3.8, 4) is 0 Å². The number of nitrogens with zero attached hydrogens (tertiary/aromatic N) is 1. The van der Waals surface area contributed by atoms with Crippen LogP contribution in [-0.4, -0.2) is 60.9 Å². The number of nitrogens with one attached hydrogen (secondary N) is 1. The van der Waals surface area contributed by atoms with Crippen molar-refractivity contribution in [2.75, 3.05) is 39.4 Å². The summed E-state index contributed by atoms with van der Waals surface area (Å²) in [5, 5.41) is 13.8. The third kappa shape index (κ3) is 4.54. The number of allylic oxidation sites excluding steroid dienone is 3. The van der Waals surface area contributed by atoms with E-state index in [-0.39, 0.29) is 16.4 Å². The van der Waals surface area contributed by atoms with Crippen molar-refractivity contribution in [2.24, 2.45) is 56.7 Å². The quantitative estimate of drug-likeness (QED) is 0.288. The summed E-state index contributed by atoms with van der Waals surface area (Å²) in [4.78, 5) is 14.2. The Morgan fingerprint density at radius 1 is 0.938 bits per heavy atom. The van der Waals surface area contributed by atoms with Crippen LogP contribution in [0.25, 0.3) is 5.57 Å². The van der Waals surface area contributed by atoms with Gasteiger partial charge in [-0.15, -0.1) is 0 Å². The van der Waals surface area contributed by atoms with Crippen molar-refractivity contribution in [3.63, 3.8) is 0 Å². The molecule has 262 valence electrons.